The molecule has 8 nitrogen and oxygen atoms in total. The average Bonchev–Trinajstić information content (AvgIpc) is 3.05. The number of hydrogen-bond acceptors (Lipinski definition) is 5. The molecule has 0 aliphatic heterocycles. The quantitative estimate of drug-likeness (QED) is 0.160. The molecule has 4 aromatic rings. The van der Waals surface area contributed by atoms with E-state index in [4.69, 9.17) is 16.3 Å². The van der Waals surface area contributed by atoms with Gasteiger partial charge in [0.05, 0.1) is 17.2 Å². The van der Waals surface area contributed by atoms with Crippen LogP contribution in [0.4, 0.5) is 5.69 Å². The predicted molar refractivity (Wildman–Crippen MR) is 182 cm³/mol. The zero-order valence-electron chi connectivity index (χ0n) is 26.3. The Labute approximate surface area is 277 Å². The molecular weight excluding hydrogens is 622 g/mol. The summed E-state index contributed by atoms with van der Waals surface area (Å²) in [5.41, 5.74) is 1.85. The molecule has 0 unspecified atom stereocenters. The number of halogens is 1. The summed E-state index contributed by atoms with van der Waals surface area (Å²) in [5.74, 6) is -0.119. The largest absolute Gasteiger partial charge is 0.494 e. The van der Waals surface area contributed by atoms with Crippen molar-refractivity contribution in [1.29, 1.82) is 0 Å². The molecular formula is C36H40ClN3O5S. The number of nitrogens with one attached hydrogen (secondary N) is 1. The summed E-state index contributed by atoms with van der Waals surface area (Å²) in [6.07, 6.45) is 0.228. The molecule has 0 spiro atoms. The van der Waals surface area contributed by atoms with Gasteiger partial charge in [-0.3, -0.25) is 13.9 Å². The second kappa shape index (κ2) is 16.3. The molecule has 0 bridgehead atoms. The van der Waals surface area contributed by atoms with E-state index in [0.717, 1.165) is 9.87 Å². The van der Waals surface area contributed by atoms with Crippen LogP contribution >= 0.6 is 11.6 Å². The molecule has 2 amide bonds. The van der Waals surface area contributed by atoms with Gasteiger partial charge in [-0.05, 0) is 72.5 Å². The Morgan fingerprint density at radius 2 is 1.48 bits per heavy atom. The van der Waals surface area contributed by atoms with E-state index in [0.29, 0.717) is 29.5 Å². The van der Waals surface area contributed by atoms with E-state index in [9.17, 15) is 18.0 Å². The van der Waals surface area contributed by atoms with Gasteiger partial charge in [0.25, 0.3) is 10.0 Å². The fourth-order valence-corrected chi connectivity index (χ4v) is 6.58. The van der Waals surface area contributed by atoms with Gasteiger partial charge in [-0.1, -0.05) is 86.1 Å². The standard InChI is InChI=1S/C36H40ClN3O5S/c1-4-45-32-20-18-31(19-21-32)40(46(43,44)33-16-9-6-10-17-33)26-35(41)39(25-29-14-11-15-30(37)22-29)34(36(42)38-24-27(2)3)23-28-12-7-5-8-13-28/h5-22,27,34H,4,23-26H2,1-3H3,(H,38,42)/t34-/m0/s1. The molecule has 0 saturated heterocycles. The minimum Gasteiger partial charge on any atom is -0.494 e. The van der Waals surface area contributed by atoms with Crippen molar-refractivity contribution >= 4 is 39.1 Å². The van der Waals surface area contributed by atoms with E-state index < -0.39 is 28.5 Å². The molecule has 0 saturated carbocycles. The summed E-state index contributed by atoms with van der Waals surface area (Å²) in [7, 11) is -4.19. The molecule has 4 rings (SSSR count). The van der Waals surface area contributed by atoms with Crippen LogP contribution in [-0.2, 0) is 32.6 Å². The van der Waals surface area contributed by atoms with Crippen LogP contribution in [0.5, 0.6) is 5.75 Å². The van der Waals surface area contributed by atoms with Gasteiger partial charge in [0.1, 0.15) is 18.3 Å². The summed E-state index contributed by atoms with van der Waals surface area (Å²) in [5, 5.41) is 3.47. The third-order valence-electron chi connectivity index (χ3n) is 7.24. The van der Waals surface area contributed by atoms with Gasteiger partial charge < -0.3 is 15.0 Å². The van der Waals surface area contributed by atoms with Crippen molar-refractivity contribution in [3.63, 3.8) is 0 Å². The maximum absolute atomic E-state index is 14.5. The highest BCUT2D eigenvalue weighted by Crippen LogP contribution is 2.27. The number of benzene rings is 4. The van der Waals surface area contributed by atoms with E-state index in [1.165, 1.54) is 17.0 Å². The lowest BCUT2D eigenvalue weighted by Gasteiger charge is -2.34. The van der Waals surface area contributed by atoms with Crippen molar-refractivity contribution in [3.8, 4) is 5.75 Å². The molecule has 242 valence electrons. The first kappa shape index (κ1) is 34.5. The van der Waals surface area contributed by atoms with Crippen LogP contribution in [0.15, 0.2) is 114 Å². The number of carbonyl (C=O) groups is 2. The second-order valence-corrected chi connectivity index (χ2v) is 13.5. The van der Waals surface area contributed by atoms with Crippen molar-refractivity contribution in [2.75, 3.05) is 24.0 Å². The van der Waals surface area contributed by atoms with E-state index in [1.54, 1.807) is 60.7 Å². The van der Waals surface area contributed by atoms with Crippen LogP contribution in [0.3, 0.4) is 0 Å². The van der Waals surface area contributed by atoms with Crippen LogP contribution in [0.1, 0.15) is 31.9 Å². The summed E-state index contributed by atoms with van der Waals surface area (Å²) in [6, 6.07) is 30.1. The SMILES string of the molecule is CCOc1ccc(N(CC(=O)N(Cc2cccc(Cl)c2)[C@@H](Cc2ccccc2)C(=O)NCC(C)C)S(=O)(=O)c2ccccc2)cc1. The number of ether oxygens (including phenoxy) is 1. The zero-order valence-corrected chi connectivity index (χ0v) is 27.9. The Morgan fingerprint density at radius 1 is 0.848 bits per heavy atom. The number of nitrogens with zero attached hydrogens (tertiary/aromatic N) is 2. The summed E-state index contributed by atoms with van der Waals surface area (Å²) >= 11 is 6.31. The normalized spacial score (nSPS) is 11.9. The van der Waals surface area contributed by atoms with Gasteiger partial charge in [-0.15, -0.1) is 0 Å². The van der Waals surface area contributed by atoms with Crippen molar-refractivity contribution in [2.45, 2.75) is 44.7 Å². The summed E-state index contributed by atoms with van der Waals surface area (Å²) in [6.45, 7) is 6.20. The Morgan fingerprint density at radius 3 is 2.09 bits per heavy atom. The zero-order chi connectivity index (χ0) is 33.1. The highest BCUT2D eigenvalue weighted by molar-refractivity contribution is 7.92. The fourth-order valence-electron chi connectivity index (χ4n) is 4.93. The van der Waals surface area contributed by atoms with Gasteiger partial charge in [0.15, 0.2) is 0 Å². The van der Waals surface area contributed by atoms with Crippen molar-refractivity contribution < 1.29 is 22.7 Å². The third kappa shape index (κ3) is 9.34. The van der Waals surface area contributed by atoms with Crippen LogP contribution in [0, 0.1) is 5.92 Å². The smallest absolute Gasteiger partial charge is 0.264 e. The van der Waals surface area contributed by atoms with E-state index in [-0.39, 0.29) is 35.4 Å². The number of rotatable bonds is 15. The lowest BCUT2D eigenvalue weighted by atomic mass is 10.0. The molecule has 10 heteroatoms. The molecule has 46 heavy (non-hydrogen) atoms. The van der Waals surface area contributed by atoms with Crippen molar-refractivity contribution in [1.82, 2.24) is 10.2 Å². The first-order valence-corrected chi connectivity index (χ1v) is 17.1. The number of sulfonamides is 1. The minimum atomic E-state index is -4.19. The monoisotopic (exact) mass is 661 g/mol. The second-order valence-electron chi connectivity index (χ2n) is 11.2. The maximum Gasteiger partial charge on any atom is 0.264 e. The number of amides is 2. The van der Waals surface area contributed by atoms with E-state index >= 15 is 0 Å². The van der Waals surface area contributed by atoms with E-state index in [2.05, 4.69) is 5.32 Å². The molecule has 0 fully saturated rings. The Bertz CT molecular complexity index is 1680. The minimum absolute atomic E-state index is 0.0357. The molecule has 0 aliphatic carbocycles. The fraction of sp³-hybridized carbons (Fsp3) is 0.278. The lowest BCUT2D eigenvalue weighted by molar-refractivity contribution is -0.140. The average molecular weight is 662 g/mol. The topological polar surface area (TPSA) is 96.0 Å². The number of anilines is 1. The first-order chi connectivity index (χ1) is 22.1. The Balaban J connectivity index is 1.79. The summed E-state index contributed by atoms with van der Waals surface area (Å²) < 4.78 is 34.9. The maximum atomic E-state index is 14.5. The molecule has 1 N–H and O–H groups in total. The summed E-state index contributed by atoms with van der Waals surface area (Å²) in [4.78, 5) is 29.9. The Kier molecular flexibility index (Phi) is 12.2. The van der Waals surface area contributed by atoms with Crippen LogP contribution < -0.4 is 14.4 Å². The number of hydrogen-bond donors (Lipinski definition) is 1. The van der Waals surface area contributed by atoms with Crippen LogP contribution in [0.25, 0.3) is 0 Å². The number of carbonyl (C=O) groups excluding carboxylic acids is 2. The first-order valence-electron chi connectivity index (χ1n) is 15.2. The molecule has 4 aromatic carbocycles. The van der Waals surface area contributed by atoms with Gasteiger partial charge in [0.2, 0.25) is 11.8 Å². The highest BCUT2D eigenvalue weighted by Gasteiger charge is 2.34. The van der Waals surface area contributed by atoms with Crippen molar-refractivity contribution in [3.05, 3.63) is 125 Å². The molecule has 0 aromatic heterocycles. The van der Waals surface area contributed by atoms with Crippen LogP contribution in [0.2, 0.25) is 5.02 Å². The van der Waals surface area contributed by atoms with Gasteiger partial charge >= 0.3 is 0 Å². The molecule has 0 heterocycles. The lowest BCUT2D eigenvalue weighted by Crippen LogP contribution is -2.53. The molecule has 0 aliphatic rings. The van der Waals surface area contributed by atoms with Crippen molar-refractivity contribution in [2.24, 2.45) is 5.92 Å². The van der Waals surface area contributed by atoms with Crippen LogP contribution in [-0.4, -0.2) is 50.9 Å². The van der Waals surface area contributed by atoms with E-state index in [1.807, 2.05) is 57.2 Å². The Hall–Kier alpha value is -4.34. The van der Waals surface area contributed by atoms with Gasteiger partial charge in [0, 0.05) is 24.5 Å². The molecule has 0 radical (unpaired) electrons. The predicted octanol–water partition coefficient (Wildman–Crippen LogP) is 6.35. The van der Waals surface area contributed by atoms with Gasteiger partial charge in [-0.25, -0.2) is 8.42 Å². The molecule has 1 atom stereocenters. The van der Waals surface area contributed by atoms with Gasteiger partial charge in [-0.2, -0.15) is 0 Å². The highest BCUT2D eigenvalue weighted by atomic mass is 35.5. The third-order valence-corrected chi connectivity index (χ3v) is 9.27.